The molecular weight excluding hydrogens is 240 g/mol. The monoisotopic (exact) mass is 262 g/mol. The number of hydrogen-bond donors (Lipinski definition) is 2. The van der Waals surface area contributed by atoms with Gasteiger partial charge in [-0.1, -0.05) is 13.8 Å². The van der Waals surface area contributed by atoms with E-state index in [1.165, 1.54) is 6.42 Å². The van der Waals surface area contributed by atoms with Gasteiger partial charge in [0.2, 0.25) is 0 Å². The van der Waals surface area contributed by atoms with E-state index in [-0.39, 0.29) is 0 Å². The van der Waals surface area contributed by atoms with Crippen molar-refractivity contribution in [2.24, 2.45) is 11.8 Å². The lowest BCUT2D eigenvalue weighted by Gasteiger charge is -2.22. The molecule has 0 radical (unpaired) electrons. The van der Waals surface area contributed by atoms with Gasteiger partial charge in [0.15, 0.2) is 0 Å². The van der Waals surface area contributed by atoms with Gasteiger partial charge in [0.1, 0.15) is 11.4 Å². The highest BCUT2D eigenvalue weighted by atomic mass is 16.4. The average Bonchev–Trinajstić information content (AvgIpc) is 2.59. The van der Waals surface area contributed by atoms with E-state index in [0.29, 0.717) is 29.3 Å². The molecule has 4 nitrogen and oxygen atoms in total. The summed E-state index contributed by atoms with van der Waals surface area (Å²) in [6.45, 7) is 8.19. The van der Waals surface area contributed by atoms with Crippen molar-refractivity contribution >= 4 is 11.8 Å². The van der Waals surface area contributed by atoms with E-state index in [0.717, 1.165) is 17.7 Å². The maximum Gasteiger partial charge on any atom is 0.339 e. The number of nitrogens with one attached hydrogen (secondary N) is 1. The summed E-state index contributed by atoms with van der Waals surface area (Å²) in [7, 11) is 0. The molecule has 1 aliphatic rings. The van der Waals surface area contributed by atoms with Gasteiger partial charge >= 0.3 is 5.97 Å². The zero-order valence-corrected chi connectivity index (χ0v) is 12.0. The van der Waals surface area contributed by atoms with Crippen LogP contribution in [0.3, 0.4) is 0 Å². The number of pyridine rings is 1. The zero-order chi connectivity index (χ0) is 14.2. The molecule has 0 saturated heterocycles. The van der Waals surface area contributed by atoms with E-state index in [4.69, 9.17) is 0 Å². The van der Waals surface area contributed by atoms with E-state index in [1.54, 1.807) is 0 Å². The molecule has 0 bridgehead atoms. The number of carboxylic acid groups (broad SMARTS) is 1. The van der Waals surface area contributed by atoms with Gasteiger partial charge in [-0.05, 0) is 50.2 Å². The van der Waals surface area contributed by atoms with Gasteiger partial charge in [-0.2, -0.15) is 0 Å². The highest BCUT2D eigenvalue weighted by Gasteiger charge is 2.31. The van der Waals surface area contributed by atoms with Crippen molar-refractivity contribution in [3.63, 3.8) is 0 Å². The summed E-state index contributed by atoms with van der Waals surface area (Å²) in [4.78, 5) is 15.8. The second-order valence-corrected chi connectivity index (χ2v) is 5.77. The molecule has 0 amide bonds. The number of nitrogens with zero attached hydrogens (tertiary/aromatic N) is 1. The highest BCUT2D eigenvalue weighted by molar-refractivity contribution is 5.94. The summed E-state index contributed by atoms with van der Waals surface area (Å²) in [6, 6.07) is 2.14. The quantitative estimate of drug-likeness (QED) is 0.877. The van der Waals surface area contributed by atoms with Crippen LogP contribution in [-0.4, -0.2) is 22.1 Å². The van der Waals surface area contributed by atoms with Crippen LogP contribution in [0.2, 0.25) is 0 Å². The molecule has 104 valence electrons. The Balaban J connectivity index is 2.32. The van der Waals surface area contributed by atoms with E-state index >= 15 is 0 Å². The Morgan fingerprint density at radius 3 is 2.58 bits per heavy atom. The fourth-order valence-electron chi connectivity index (χ4n) is 2.96. The van der Waals surface area contributed by atoms with Gasteiger partial charge in [-0.25, -0.2) is 9.78 Å². The first-order chi connectivity index (χ1) is 8.90. The molecule has 4 heteroatoms. The van der Waals surface area contributed by atoms with Crippen molar-refractivity contribution < 1.29 is 9.90 Å². The van der Waals surface area contributed by atoms with Gasteiger partial charge in [-0.15, -0.1) is 0 Å². The third-order valence-corrected chi connectivity index (χ3v) is 4.35. The second-order valence-electron chi connectivity index (χ2n) is 5.77. The SMILES string of the molecule is Cc1cc(C)c(C(=O)O)c(NC2CCC(C)C2C)n1. The largest absolute Gasteiger partial charge is 0.478 e. The van der Waals surface area contributed by atoms with Crippen molar-refractivity contribution in [3.05, 3.63) is 22.9 Å². The Hall–Kier alpha value is -1.58. The van der Waals surface area contributed by atoms with Crippen LogP contribution in [-0.2, 0) is 0 Å². The first kappa shape index (κ1) is 13.8. The van der Waals surface area contributed by atoms with E-state index in [1.807, 2.05) is 19.9 Å². The molecule has 1 aromatic heterocycles. The van der Waals surface area contributed by atoms with Crippen LogP contribution in [0.5, 0.6) is 0 Å². The number of carbonyl (C=O) groups is 1. The maximum absolute atomic E-state index is 11.4. The molecule has 1 heterocycles. The second kappa shape index (κ2) is 5.19. The molecule has 1 aliphatic carbocycles. The molecule has 0 spiro atoms. The van der Waals surface area contributed by atoms with Gasteiger partial charge in [0.05, 0.1) is 0 Å². The Kier molecular flexibility index (Phi) is 3.78. The predicted octanol–water partition coefficient (Wildman–Crippen LogP) is 3.24. The summed E-state index contributed by atoms with van der Waals surface area (Å²) in [5.74, 6) is 0.836. The molecule has 3 atom stereocenters. The Morgan fingerprint density at radius 1 is 1.37 bits per heavy atom. The van der Waals surface area contributed by atoms with Gasteiger partial charge < -0.3 is 10.4 Å². The van der Waals surface area contributed by atoms with E-state index in [9.17, 15) is 9.90 Å². The minimum atomic E-state index is -0.911. The molecule has 0 aromatic carbocycles. The van der Waals surface area contributed by atoms with Gasteiger partial charge in [0.25, 0.3) is 0 Å². The van der Waals surface area contributed by atoms with E-state index < -0.39 is 5.97 Å². The molecule has 2 rings (SSSR count). The first-order valence-corrected chi connectivity index (χ1v) is 6.88. The normalized spacial score (nSPS) is 26.4. The first-order valence-electron chi connectivity index (χ1n) is 6.88. The summed E-state index contributed by atoms with van der Waals surface area (Å²) >= 11 is 0. The van der Waals surface area contributed by atoms with Gasteiger partial charge in [-0.3, -0.25) is 0 Å². The Bertz CT molecular complexity index is 499. The lowest BCUT2D eigenvalue weighted by Crippen LogP contribution is -2.26. The number of anilines is 1. The van der Waals surface area contributed by atoms with E-state index in [2.05, 4.69) is 24.1 Å². The van der Waals surface area contributed by atoms with Crippen LogP contribution in [0.15, 0.2) is 6.07 Å². The van der Waals surface area contributed by atoms with Crippen molar-refractivity contribution in [1.82, 2.24) is 4.98 Å². The smallest absolute Gasteiger partial charge is 0.339 e. The lowest BCUT2D eigenvalue weighted by molar-refractivity contribution is 0.0696. The Labute approximate surface area is 114 Å². The van der Waals surface area contributed by atoms with Crippen molar-refractivity contribution in [2.45, 2.75) is 46.6 Å². The lowest BCUT2D eigenvalue weighted by atomic mass is 9.97. The molecule has 3 unspecified atom stereocenters. The molecule has 0 aliphatic heterocycles. The number of aromatic carboxylic acids is 1. The summed E-state index contributed by atoms with van der Waals surface area (Å²) in [5.41, 5.74) is 1.92. The van der Waals surface area contributed by atoms with Crippen LogP contribution < -0.4 is 5.32 Å². The van der Waals surface area contributed by atoms with Crippen LogP contribution in [0, 0.1) is 25.7 Å². The fourth-order valence-corrected chi connectivity index (χ4v) is 2.96. The summed E-state index contributed by atoms with van der Waals surface area (Å²) < 4.78 is 0. The average molecular weight is 262 g/mol. The van der Waals surface area contributed by atoms with Crippen molar-refractivity contribution in [1.29, 1.82) is 0 Å². The number of rotatable bonds is 3. The minimum absolute atomic E-state index is 0.303. The van der Waals surface area contributed by atoms with Crippen molar-refractivity contribution in [3.8, 4) is 0 Å². The maximum atomic E-state index is 11.4. The molecule has 2 N–H and O–H groups in total. The predicted molar refractivity (Wildman–Crippen MR) is 75.6 cm³/mol. The Morgan fingerprint density at radius 2 is 2.05 bits per heavy atom. The van der Waals surface area contributed by atoms with Gasteiger partial charge in [0, 0.05) is 11.7 Å². The molecular formula is C15H22N2O2. The van der Waals surface area contributed by atoms with Crippen molar-refractivity contribution in [2.75, 3.05) is 5.32 Å². The molecule has 19 heavy (non-hydrogen) atoms. The highest BCUT2D eigenvalue weighted by Crippen LogP contribution is 2.33. The van der Waals surface area contributed by atoms with Crippen LogP contribution in [0.4, 0.5) is 5.82 Å². The zero-order valence-electron chi connectivity index (χ0n) is 12.0. The van der Waals surface area contributed by atoms with Crippen LogP contribution >= 0.6 is 0 Å². The van der Waals surface area contributed by atoms with Crippen LogP contribution in [0.1, 0.15) is 48.3 Å². The minimum Gasteiger partial charge on any atom is -0.478 e. The molecule has 1 fully saturated rings. The third-order valence-electron chi connectivity index (χ3n) is 4.35. The number of aryl methyl sites for hydroxylation is 2. The van der Waals surface area contributed by atoms with Crippen LogP contribution in [0.25, 0.3) is 0 Å². The fraction of sp³-hybridized carbons (Fsp3) is 0.600. The third kappa shape index (κ3) is 2.72. The standard InChI is InChI=1S/C15H22N2O2/c1-8-5-6-12(11(8)4)17-14-13(15(18)19)9(2)7-10(3)16-14/h7-8,11-12H,5-6H2,1-4H3,(H,16,17)(H,18,19). The number of hydrogen-bond acceptors (Lipinski definition) is 3. The summed E-state index contributed by atoms with van der Waals surface area (Å²) in [5, 5.41) is 12.7. The molecule has 1 saturated carbocycles. The summed E-state index contributed by atoms with van der Waals surface area (Å²) in [6.07, 6.45) is 2.27. The molecule has 1 aromatic rings. The topological polar surface area (TPSA) is 62.2 Å². The number of aromatic nitrogens is 1. The number of carboxylic acids is 1.